The second-order valence-corrected chi connectivity index (χ2v) is 5.97. The van der Waals surface area contributed by atoms with Crippen LogP contribution in [0.25, 0.3) is 0 Å². The zero-order valence-electron chi connectivity index (χ0n) is 12.6. The van der Waals surface area contributed by atoms with Gasteiger partial charge in [0.15, 0.2) is 0 Å². The molecule has 1 N–H and O–H groups in total. The van der Waals surface area contributed by atoms with Crippen LogP contribution in [0.3, 0.4) is 0 Å². The molecule has 1 aliphatic rings. The normalized spacial score (nSPS) is 19.8. The van der Waals surface area contributed by atoms with Gasteiger partial charge in [-0.25, -0.2) is 0 Å². The molecule has 0 amide bonds. The molecular formula is C15H31NO2. The lowest BCUT2D eigenvalue weighted by molar-refractivity contribution is -0.153. The number of nitrogens with one attached hydrogen (secondary N) is 1. The Bertz CT molecular complexity index is 215. The molecule has 1 atom stereocenters. The third-order valence-corrected chi connectivity index (χ3v) is 3.58. The van der Waals surface area contributed by atoms with Crippen LogP contribution in [0.4, 0.5) is 0 Å². The molecule has 1 fully saturated rings. The van der Waals surface area contributed by atoms with Gasteiger partial charge in [-0.2, -0.15) is 0 Å². The molecule has 0 radical (unpaired) electrons. The highest BCUT2D eigenvalue weighted by molar-refractivity contribution is 4.91. The van der Waals surface area contributed by atoms with Gasteiger partial charge in [0.25, 0.3) is 0 Å². The molecule has 0 bridgehead atoms. The molecule has 1 saturated carbocycles. The number of rotatable bonds is 10. The van der Waals surface area contributed by atoms with E-state index in [1.807, 2.05) is 6.92 Å². The molecule has 0 aromatic rings. The minimum atomic E-state index is 0.139. The minimum Gasteiger partial charge on any atom is -0.379 e. The first-order chi connectivity index (χ1) is 8.58. The maximum atomic E-state index is 6.22. The molecule has 1 aliphatic carbocycles. The van der Waals surface area contributed by atoms with Crippen LogP contribution in [0.5, 0.6) is 0 Å². The van der Waals surface area contributed by atoms with E-state index in [4.69, 9.17) is 9.47 Å². The summed E-state index contributed by atoms with van der Waals surface area (Å²) in [7, 11) is 0. The molecule has 1 rings (SSSR count). The van der Waals surface area contributed by atoms with E-state index >= 15 is 0 Å². The Morgan fingerprint density at radius 3 is 2.44 bits per heavy atom. The fourth-order valence-electron chi connectivity index (χ4n) is 2.45. The summed E-state index contributed by atoms with van der Waals surface area (Å²) in [6.45, 7) is 12.3. The van der Waals surface area contributed by atoms with Gasteiger partial charge >= 0.3 is 0 Å². The quantitative estimate of drug-likeness (QED) is 0.610. The van der Waals surface area contributed by atoms with Crippen LogP contribution in [0.15, 0.2) is 0 Å². The zero-order chi connectivity index (χ0) is 13.4. The highest BCUT2D eigenvalue weighted by Gasteiger charge is 2.38. The fraction of sp³-hybridized carbons (Fsp3) is 1.00. The van der Waals surface area contributed by atoms with Crippen LogP contribution in [0.2, 0.25) is 0 Å². The Morgan fingerprint density at radius 2 is 1.94 bits per heavy atom. The summed E-state index contributed by atoms with van der Waals surface area (Å²) in [4.78, 5) is 0. The van der Waals surface area contributed by atoms with Gasteiger partial charge in [0.1, 0.15) is 0 Å². The lowest BCUT2D eigenvalue weighted by atomic mass is 9.77. The molecule has 0 aromatic heterocycles. The molecule has 3 heteroatoms. The maximum absolute atomic E-state index is 6.22. The first-order valence-electron chi connectivity index (χ1n) is 7.54. The van der Waals surface area contributed by atoms with Crippen LogP contribution in [-0.2, 0) is 9.47 Å². The Hall–Kier alpha value is -0.120. The summed E-state index contributed by atoms with van der Waals surface area (Å²) >= 11 is 0. The van der Waals surface area contributed by atoms with Crippen molar-refractivity contribution in [3.8, 4) is 0 Å². The maximum Gasteiger partial charge on any atom is 0.0787 e. The van der Waals surface area contributed by atoms with Crippen LogP contribution in [-0.4, -0.2) is 38.0 Å². The predicted molar refractivity (Wildman–Crippen MR) is 75.9 cm³/mol. The van der Waals surface area contributed by atoms with Gasteiger partial charge in [0.2, 0.25) is 0 Å². The van der Waals surface area contributed by atoms with Crippen LogP contribution < -0.4 is 5.32 Å². The summed E-state index contributed by atoms with van der Waals surface area (Å²) in [5.74, 6) is 0.722. The van der Waals surface area contributed by atoms with Gasteiger partial charge < -0.3 is 14.8 Å². The van der Waals surface area contributed by atoms with Crippen LogP contribution >= 0.6 is 0 Å². The fourth-order valence-corrected chi connectivity index (χ4v) is 2.45. The van der Waals surface area contributed by atoms with Gasteiger partial charge in [-0.05, 0) is 58.5 Å². The van der Waals surface area contributed by atoms with Crippen LogP contribution in [0.1, 0.15) is 53.4 Å². The summed E-state index contributed by atoms with van der Waals surface area (Å²) in [5, 5.41) is 3.51. The predicted octanol–water partition coefficient (Wildman–Crippen LogP) is 2.99. The Labute approximate surface area is 113 Å². The molecule has 1 unspecified atom stereocenters. The van der Waals surface area contributed by atoms with E-state index in [1.54, 1.807) is 0 Å². The molecular weight excluding hydrogens is 226 g/mol. The van der Waals surface area contributed by atoms with Crippen molar-refractivity contribution in [2.24, 2.45) is 5.92 Å². The molecule has 0 spiro atoms. The highest BCUT2D eigenvalue weighted by atomic mass is 16.5. The first kappa shape index (κ1) is 15.9. The van der Waals surface area contributed by atoms with Gasteiger partial charge in [-0.15, -0.1) is 0 Å². The number of hydrogen-bond donors (Lipinski definition) is 1. The van der Waals surface area contributed by atoms with Crippen molar-refractivity contribution in [3.63, 3.8) is 0 Å². The van der Waals surface area contributed by atoms with Gasteiger partial charge in [0, 0.05) is 6.61 Å². The third kappa shape index (κ3) is 5.68. The summed E-state index contributed by atoms with van der Waals surface area (Å²) in [6.07, 6.45) is 5.09. The smallest absolute Gasteiger partial charge is 0.0787 e. The van der Waals surface area contributed by atoms with Crippen molar-refractivity contribution in [2.75, 3.05) is 26.3 Å². The van der Waals surface area contributed by atoms with Gasteiger partial charge in [-0.1, -0.05) is 13.8 Å². The molecule has 0 aliphatic heterocycles. The largest absolute Gasteiger partial charge is 0.379 e. The lowest BCUT2D eigenvalue weighted by Gasteiger charge is -2.43. The Morgan fingerprint density at radius 1 is 1.22 bits per heavy atom. The molecule has 0 heterocycles. The third-order valence-electron chi connectivity index (χ3n) is 3.58. The van der Waals surface area contributed by atoms with Crippen molar-refractivity contribution in [1.82, 2.24) is 5.32 Å². The van der Waals surface area contributed by atoms with E-state index in [0.29, 0.717) is 0 Å². The van der Waals surface area contributed by atoms with Crippen molar-refractivity contribution in [2.45, 2.75) is 65.1 Å². The monoisotopic (exact) mass is 257 g/mol. The Kier molecular flexibility index (Phi) is 7.20. The van der Waals surface area contributed by atoms with E-state index in [2.05, 4.69) is 26.1 Å². The number of ether oxygens (including phenoxy) is 2. The molecule has 0 aromatic carbocycles. The van der Waals surface area contributed by atoms with E-state index in [-0.39, 0.29) is 11.7 Å². The molecule has 0 saturated heterocycles. The van der Waals surface area contributed by atoms with E-state index in [1.165, 1.54) is 19.3 Å². The van der Waals surface area contributed by atoms with E-state index in [9.17, 15) is 0 Å². The standard InChI is InChI=1S/C15H31NO2/c1-5-17-12-14(4)18-15(7-6-8-15)9-10-16-11-13(2)3/h13-14,16H,5-12H2,1-4H3. The van der Waals surface area contributed by atoms with Crippen molar-refractivity contribution < 1.29 is 9.47 Å². The number of hydrogen-bond acceptors (Lipinski definition) is 3. The molecule has 108 valence electrons. The summed E-state index contributed by atoms with van der Waals surface area (Å²) in [5.41, 5.74) is 0.139. The second kappa shape index (κ2) is 8.13. The summed E-state index contributed by atoms with van der Waals surface area (Å²) in [6, 6.07) is 0. The average Bonchev–Trinajstić information content (AvgIpc) is 2.28. The first-order valence-corrected chi connectivity index (χ1v) is 7.54. The van der Waals surface area contributed by atoms with Gasteiger partial charge in [-0.3, -0.25) is 0 Å². The second-order valence-electron chi connectivity index (χ2n) is 5.97. The van der Waals surface area contributed by atoms with E-state index < -0.39 is 0 Å². The van der Waals surface area contributed by atoms with E-state index in [0.717, 1.165) is 38.6 Å². The lowest BCUT2D eigenvalue weighted by Crippen LogP contribution is -2.45. The molecule has 3 nitrogen and oxygen atoms in total. The SMILES string of the molecule is CCOCC(C)OC1(CCNCC(C)C)CCC1. The zero-order valence-corrected chi connectivity index (χ0v) is 12.6. The minimum absolute atomic E-state index is 0.139. The van der Waals surface area contributed by atoms with Gasteiger partial charge in [0.05, 0.1) is 18.3 Å². The molecule has 18 heavy (non-hydrogen) atoms. The average molecular weight is 257 g/mol. The highest BCUT2D eigenvalue weighted by Crippen LogP contribution is 2.39. The Balaban J connectivity index is 2.20. The van der Waals surface area contributed by atoms with Crippen LogP contribution in [0, 0.1) is 5.92 Å². The van der Waals surface area contributed by atoms with Crippen molar-refractivity contribution in [1.29, 1.82) is 0 Å². The summed E-state index contributed by atoms with van der Waals surface area (Å²) < 4.78 is 11.6. The van der Waals surface area contributed by atoms with Crippen molar-refractivity contribution in [3.05, 3.63) is 0 Å². The van der Waals surface area contributed by atoms with Crippen molar-refractivity contribution >= 4 is 0 Å². The topological polar surface area (TPSA) is 30.5 Å².